The SMILES string of the molecule is c1ccc(-n2c3ccccc3c3cc(-c4ccc(N(c5ccc(-c6ccc7c8ccccc8n(-c8ccccc8)c7c6)cc5)c5cccc6c5oc5ccccc56)c5ccccc45)ccc32)cc1. The number of fused-ring (bicyclic) bond motifs is 10. The van der Waals surface area contributed by atoms with Gasteiger partial charge in [-0.15, -0.1) is 0 Å². The van der Waals surface area contributed by atoms with Crippen LogP contribution >= 0.6 is 0 Å². The van der Waals surface area contributed by atoms with Gasteiger partial charge in [-0.2, -0.15) is 0 Å². The highest BCUT2D eigenvalue weighted by Crippen LogP contribution is 2.47. The van der Waals surface area contributed by atoms with Gasteiger partial charge in [-0.3, -0.25) is 0 Å². The lowest BCUT2D eigenvalue weighted by Crippen LogP contribution is -2.11. The van der Waals surface area contributed by atoms with E-state index < -0.39 is 0 Å². The maximum absolute atomic E-state index is 6.78. The first kappa shape index (κ1) is 38.2. The lowest BCUT2D eigenvalue weighted by molar-refractivity contribution is 0.669. The molecule has 0 aliphatic heterocycles. The molecule has 0 aliphatic carbocycles. The highest BCUT2D eigenvalue weighted by molar-refractivity contribution is 6.15. The Labute approximate surface area is 392 Å². The normalized spacial score (nSPS) is 11.8. The molecule has 4 heteroatoms. The van der Waals surface area contributed by atoms with Crippen LogP contribution in [-0.2, 0) is 0 Å². The summed E-state index contributed by atoms with van der Waals surface area (Å²) in [6.45, 7) is 0. The van der Waals surface area contributed by atoms with E-state index in [9.17, 15) is 0 Å². The van der Waals surface area contributed by atoms with E-state index in [1.54, 1.807) is 0 Å². The number of para-hydroxylation sites is 6. The van der Waals surface area contributed by atoms with Crippen molar-refractivity contribution in [2.24, 2.45) is 0 Å². The van der Waals surface area contributed by atoms with E-state index in [1.165, 1.54) is 60.1 Å². The maximum Gasteiger partial charge on any atom is 0.159 e. The first-order chi connectivity index (χ1) is 33.7. The zero-order chi connectivity index (χ0) is 44.7. The average Bonchev–Trinajstić information content (AvgIpc) is 4.07. The molecule has 4 nitrogen and oxygen atoms in total. The van der Waals surface area contributed by atoms with Crippen LogP contribution in [0.15, 0.2) is 253 Å². The molecule has 0 aliphatic rings. The van der Waals surface area contributed by atoms with Gasteiger partial charge in [0.1, 0.15) is 5.58 Å². The van der Waals surface area contributed by atoms with Crippen LogP contribution in [0.2, 0.25) is 0 Å². The van der Waals surface area contributed by atoms with Gasteiger partial charge in [0.15, 0.2) is 5.58 Å². The summed E-state index contributed by atoms with van der Waals surface area (Å²) >= 11 is 0. The molecule has 0 bridgehead atoms. The number of nitrogens with zero attached hydrogens (tertiary/aromatic N) is 3. The summed E-state index contributed by atoms with van der Waals surface area (Å²) in [4.78, 5) is 2.38. The second-order valence-electron chi connectivity index (χ2n) is 17.7. The molecule has 0 radical (unpaired) electrons. The predicted octanol–water partition coefficient (Wildman–Crippen LogP) is 17.7. The minimum absolute atomic E-state index is 0.852. The number of rotatable bonds is 7. The second-order valence-corrected chi connectivity index (χ2v) is 17.7. The standard InChI is InChI=1S/C64H41N3O/c1-3-16-45(17-4-1)65-58-27-13-10-23-52(58)56-40-44(33-38-60(56)65)48-37-39-59(50-21-8-7-20-49(48)50)66(61-28-15-25-55-54-24-11-14-29-63(54)68-64(55)61)47-34-30-42(31-35-47)43-32-36-53-51-22-9-12-26-57(51)67(62(53)41-43)46-18-5-2-6-19-46/h1-41H. The summed E-state index contributed by atoms with van der Waals surface area (Å²) in [6.07, 6.45) is 0. The summed E-state index contributed by atoms with van der Waals surface area (Å²) < 4.78 is 11.5. The third-order valence-corrected chi connectivity index (χ3v) is 13.9. The lowest BCUT2D eigenvalue weighted by atomic mass is 9.95. The Hall–Kier alpha value is -9.12. The lowest BCUT2D eigenvalue weighted by Gasteiger charge is -2.27. The summed E-state index contributed by atoms with van der Waals surface area (Å²) in [7, 11) is 0. The molecule has 3 aromatic heterocycles. The molecule has 0 amide bonds. The van der Waals surface area contributed by atoms with Crippen molar-refractivity contribution in [3.63, 3.8) is 0 Å². The van der Waals surface area contributed by atoms with Crippen molar-refractivity contribution < 1.29 is 4.42 Å². The van der Waals surface area contributed by atoms with Crippen molar-refractivity contribution in [1.82, 2.24) is 9.13 Å². The molecule has 0 spiro atoms. The van der Waals surface area contributed by atoms with E-state index in [0.29, 0.717) is 0 Å². The molecule has 0 N–H and O–H groups in total. The molecular formula is C64H41N3O. The molecule has 68 heavy (non-hydrogen) atoms. The van der Waals surface area contributed by atoms with Crippen LogP contribution in [0.4, 0.5) is 17.1 Å². The van der Waals surface area contributed by atoms with Crippen molar-refractivity contribution in [2.45, 2.75) is 0 Å². The number of benzene rings is 11. The highest BCUT2D eigenvalue weighted by Gasteiger charge is 2.23. The fraction of sp³-hybridized carbons (Fsp3) is 0. The van der Waals surface area contributed by atoms with Gasteiger partial charge < -0.3 is 18.5 Å². The van der Waals surface area contributed by atoms with Gasteiger partial charge in [0.25, 0.3) is 0 Å². The zero-order valence-electron chi connectivity index (χ0n) is 36.9. The molecule has 0 unspecified atom stereocenters. The average molecular weight is 868 g/mol. The molecule has 14 aromatic rings. The Morgan fingerprint density at radius 2 is 0.838 bits per heavy atom. The summed E-state index contributed by atoms with van der Waals surface area (Å²) in [5.41, 5.74) is 16.6. The van der Waals surface area contributed by atoms with E-state index in [-0.39, 0.29) is 0 Å². The maximum atomic E-state index is 6.78. The van der Waals surface area contributed by atoms with E-state index in [2.05, 4.69) is 257 Å². The molecule has 0 saturated carbocycles. The Morgan fingerprint density at radius 3 is 1.57 bits per heavy atom. The molecule has 11 aromatic carbocycles. The molecule has 318 valence electrons. The predicted molar refractivity (Wildman–Crippen MR) is 285 cm³/mol. The highest BCUT2D eigenvalue weighted by atomic mass is 16.3. The first-order valence-electron chi connectivity index (χ1n) is 23.3. The quantitative estimate of drug-likeness (QED) is 0.160. The third kappa shape index (κ3) is 5.87. The third-order valence-electron chi connectivity index (χ3n) is 13.9. The fourth-order valence-electron chi connectivity index (χ4n) is 10.9. The first-order valence-corrected chi connectivity index (χ1v) is 23.3. The van der Waals surface area contributed by atoms with Crippen LogP contribution in [0.1, 0.15) is 0 Å². The molecule has 0 atom stereocenters. The van der Waals surface area contributed by atoms with E-state index in [4.69, 9.17) is 4.42 Å². The molecular weight excluding hydrogens is 827 g/mol. The van der Waals surface area contributed by atoms with Gasteiger partial charge in [0.05, 0.1) is 33.4 Å². The van der Waals surface area contributed by atoms with Gasteiger partial charge in [-0.1, -0.05) is 164 Å². The van der Waals surface area contributed by atoms with E-state index in [0.717, 1.165) is 66.9 Å². The molecule has 0 saturated heterocycles. The van der Waals surface area contributed by atoms with Crippen molar-refractivity contribution in [1.29, 1.82) is 0 Å². The minimum atomic E-state index is 0.852. The smallest absolute Gasteiger partial charge is 0.159 e. The van der Waals surface area contributed by atoms with Crippen molar-refractivity contribution in [3.8, 4) is 33.6 Å². The largest absolute Gasteiger partial charge is 0.454 e. The zero-order valence-corrected chi connectivity index (χ0v) is 36.9. The van der Waals surface area contributed by atoms with Crippen LogP contribution in [-0.4, -0.2) is 9.13 Å². The van der Waals surface area contributed by atoms with E-state index in [1.807, 2.05) is 6.07 Å². The fourth-order valence-corrected chi connectivity index (χ4v) is 10.9. The van der Waals surface area contributed by atoms with Crippen LogP contribution < -0.4 is 4.90 Å². The monoisotopic (exact) mass is 867 g/mol. The van der Waals surface area contributed by atoms with Crippen LogP contribution in [0.5, 0.6) is 0 Å². The van der Waals surface area contributed by atoms with Crippen molar-refractivity contribution in [3.05, 3.63) is 249 Å². The van der Waals surface area contributed by atoms with Crippen LogP contribution in [0, 0.1) is 0 Å². The number of anilines is 3. The summed E-state index contributed by atoms with van der Waals surface area (Å²) in [5.74, 6) is 0. The van der Waals surface area contributed by atoms with Crippen molar-refractivity contribution >= 4 is 93.4 Å². The number of hydrogen-bond acceptors (Lipinski definition) is 2. The van der Waals surface area contributed by atoms with E-state index >= 15 is 0 Å². The van der Waals surface area contributed by atoms with Gasteiger partial charge in [0, 0.05) is 54.8 Å². The Balaban J connectivity index is 0.937. The van der Waals surface area contributed by atoms with Gasteiger partial charge >= 0.3 is 0 Å². The topological polar surface area (TPSA) is 26.2 Å². The molecule has 3 heterocycles. The minimum Gasteiger partial charge on any atom is -0.454 e. The Morgan fingerprint density at radius 1 is 0.294 bits per heavy atom. The number of hydrogen-bond donors (Lipinski definition) is 0. The summed E-state index contributed by atoms with van der Waals surface area (Å²) in [5, 5.41) is 9.47. The van der Waals surface area contributed by atoms with Crippen LogP contribution in [0.3, 0.4) is 0 Å². The van der Waals surface area contributed by atoms with Crippen LogP contribution in [0.25, 0.3) is 110 Å². The Bertz CT molecular complexity index is 4250. The van der Waals surface area contributed by atoms with Crippen molar-refractivity contribution in [2.75, 3.05) is 4.90 Å². The van der Waals surface area contributed by atoms with Gasteiger partial charge in [0.2, 0.25) is 0 Å². The van der Waals surface area contributed by atoms with Gasteiger partial charge in [-0.25, -0.2) is 0 Å². The van der Waals surface area contributed by atoms with Gasteiger partial charge in [-0.05, 0) is 113 Å². The number of furan rings is 1. The molecule has 0 fully saturated rings. The Kier molecular flexibility index (Phi) is 8.55. The second kappa shape index (κ2) is 15.2. The number of aromatic nitrogens is 2. The summed E-state index contributed by atoms with van der Waals surface area (Å²) in [6, 6.07) is 89.9. The molecule has 14 rings (SSSR count).